The minimum absolute atomic E-state index is 0.219. The second-order valence-corrected chi connectivity index (χ2v) is 6.14. The Morgan fingerprint density at radius 2 is 1.73 bits per heavy atom. The SMILES string of the molecule is CC[C@H](C)CS(=O)(=O)c1ccc(C)cc1. The second kappa shape index (κ2) is 4.79. The van der Waals surface area contributed by atoms with Crippen LogP contribution in [0.1, 0.15) is 25.8 Å². The predicted molar refractivity (Wildman–Crippen MR) is 62.7 cm³/mol. The van der Waals surface area contributed by atoms with E-state index in [2.05, 4.69) is 0 Å². The zero-order valence-electron chi connectivity index (χ0n) is 9.53. The van der Waals surface area contributed by atoms with Crippen molar-refractivity contribution in [3.8, 4) is 0 Å². The van der Waals surface area contributed by atoms with Crippen LogP contribution in [0.3, 0.4) is 0 Å². The quantitative estimate of drug-likeness (QED) is 0.791. The molecule has 1 atom stereocenters. The minimum Gasteiger partial charge on any atom is -0.224 e. The first kappa shape index (κ1) is 12.2. The van der Waals surface area contributed by atoms with E-state index in [0.717, 1.165) is 12.0 Å². The van der Waals surface area contributed by atoms with E-state index in [1.54, 1.807) is 12.1 Å². The van der Waals surface area contributed by atoms with Crippen LogP contribution in [0, 0.1) is 12.8 Å². The smallest absolute Gasteiger partial charge is 0.178 e. The molecular weight excluding hydrogens is 208 g/mol. The van der Waals surface area contributed by atoms with Gasteiger partial charge in [0.25, 0.3) is 0 Å². The first-order valence-electron chi connectivity index (χ1n) is 5.25. The van der Waals surface area contributed by atoms with E-state index in [1.807, 2.05) is 32.9 Å². The average molecular weight is 226 g/mol. The van der Waals surface area contributed by atoms with E-state index in [0.29, 0.717) is 4.90 Å². The van der Waals surface area contributed by atoms with Gasteiger partial charge >= 0.3 is 0 Å². The van der Waals surface area contributed by atoms with Crippen LogP contribution in [-0.2, 0) is 9.84 Å². The molecule has 1 rings (SSSR count). The van der Waals surface area contributed by atoms with Gasteiger partial charge in [-0.2, -0.15) is 0 Å². The molecule has 2 nitrogen and oxygen atoms in total. The number of hydrogen-bond donors (Lipinski definition) is 0. The largest absolute Gasteiger partial charge is 0.224 e. The molecule has 15 heavy (non-hydrogen) atoms. The van der Waals surface area contributed by atoms with Crippen molar-refractivity contribution >= 4 is 9.84 Å². The first-order valence-corrected chi connectivity index (χ1v) is 6.90. The summed E-state index contributed by atoms with van der Waals surface area (Å²) in [7, 11) is -3.09. The Kier molecular flexibility index (Phi) is 3.91. The average Bonchev–Trinajstić information content (AvgIpc) is 2.17. The lowest BCUT2D eigenvalue weighted by Crippen LogP contribution is -2.13. The van der Waals surface area contributed by atoms with Gasteiger partial charge in [0.15, 0.2) is 9.84 Å². The highest BCUT2D eigenvalue weighted by atomic mass is 32.2. The van der Waals surface area contributed by atoms with Gasteiger partial charge in [0.1, 0.15) is 0 Å². The molecule has 0 amide bonds. The molecule has 0 unspecified atom stereocenters. The molecule has 0 aliphatic heterocycles. The molecule has 0 heterocycles. The van der Waals surface area contributed by atoms with Gasteiger partial charge in [-0.15, -0.1) is 0 Å². The van der Waals surface area contributed by atoms with Gasteiger partial charge in [-0.05, 0) is 25.0 Å². The van der Waals surface area contributed by atoms with E-state index in [9.17, 15) is 8.42 Å². The molecule has 0 N–H and O–H groups in total. The molecule has 0 radical (unpaired) electrons. The summed E-state index contributed by atoms with van der Waals surface area (Å²) in [6, 6.07) is 7.05. The molecule has 84 valence electrons. The standard InChI is InChI=1S/C12H18O2S/c1-4-10(2)9-15(13,14)12-7-5-11(3)6-8-12/h5-8,10H,4,9H2,1-3H3/t10-/m0/s1. The first-order chi connectivity index (χ1) is 6.95. The van der Waals surface area contributed by atoms with Crippen molar-refractivity contribution in [2.75, 3.05) is 5.75 Å². The number of aryl methyl sites for hydroxylation is 1. The van der Waals surface area contributed by atoms with Crippen molar-refractivity contribution in [1.82, 2.24) is 0 Å². The van der Waals surface area contributed by atoms with E-state index in [4.69, 9.17) is 0 Å². The summed E-state index contributed by atoms with van der Waals surface area (Å²) in [5, 5.41) is 0. The van der Waals surface area contributed by atoms with Crippen LogP contribution in [0.5, 0.6) is 0 Å². The van der Waals surface area contributed by atoms with Crippen LogP contribution < -0.4 is 0 Å². The Balaban J connectivity index is 2.91. The zero-order valence-corrected chi connectivity index (χ0v) is 10.3. The third kappa shape index (κ3) is 3.34. The Labute approximate surface area is 92.2 Å². The van der Waals surface area contributed by atoms with Crippen molar-refractivity contribution in [1.29, 1.82) is 0 Å². The van der Waals surface area contributed by atoms with E-state index in [1.165, 1.54) is 0 Å². The Morgan fingerprint density at radius 3 is 2.20 bits per heavy atom. The normalized spacial score (nSPS) is 13.8. The monoisotopic (exact) mass is 226 g/mol. The van der Waals surface area contributed by atoms with E-state index >= 15 is 0 Å². The van der Waals surface area contributed by atoms with Crippen LogP contribution in [0.2, 0.25) is 0 Å². The van der Waals surface area contributed by atoms with Crippen LogP contribution in [0.4, 0.5) is 0 Å². The van der Waals surface area contributed by atoms with Gasteiger partial charge < -0.3 is 0 Å². The van der Waals surface area contributed by atoms with Crippen molar-refractivity contribution < 1.29 is 8.42 Å². The molecule has 0 aliphatic rings. The third-order valence-corrected chi connectivity index (χ3v) is 4.58. The van der Waals surface area contributed by atoms with Crippen molar-refractivity contribution in [2.45, 2.75) is 32.1 Å². The zero-order chi connectivity index (χ0) is 11.5. The van der Waals surface area contributed by atoms with Crippen molar-refractivity contribution in [2.24, 2.45) is 5.92 Å². The van der Waals surface area contributed by atoms with Crippen LogP contribution in [0.15, 0.2) is 29.2 Å². The van der Waals surface area contributed by atoms with Gasteiger partial charge in [-0.25, -0.2) is 8.42 Å². The fourth-order valence-electron chi connectivity index (χ4n) is 1.33. The van der Waals surface area contributed by atoms with E-state index in [-0.39, 0.29) is 11.7 Å². The molecule has 0 fully saturated rings. The molecular formula is C12H18O2S. The highest BCUT2D eigenvalue weighted by Crippen LogP contribution is 2.16. The Morgan fingerprint density at radius 1 is 1.20 bits per heavy atom. The molecule has 0 saturated carbocycles. The second-order valence-electron chi connectivity index (χ2n) is 4.11. The van der Waals surface area contributed by atoms with Gasteiger partial charge in [0.05, 0.1) is 10.6 Å². The fraction of sp³-hybridized carbons (Fsp3) is 0.500. The maximum Gasteiger partial charge on any atom is 0.178 e. The number of sulfone groups is 1. The Hall–Kier alpha value is -0.830. The summed E-state index contributed by atoms with van der Waals surface area (Å²) in [5.41, 5.74) is 1.08. The maximum absolute atomic E-state index is 11.9. The predicted octanol–water partition coefficient (Wildman–Crippen LogP) is 2.81. The summed E-state index contributed by atoms with van der Waals surface area (Å²) in [4.78, 5) is 0.438. The summed E-state index contributed by atoms with van der Waals surface area (Å²) in [6.07, 6.45) is 0.894. The molecule has 3 heteroatoms. The Bertz CT molecular complexity index is 404. The van der Waals surface area contributed by atoms with Crippen LogP contribution in [-0.4, -0.2) is 14.2 Å². The van der Waals surface area contributed by atoms with Crippen molar-refractivity contribution in [3.63, 3.8) is 0 Å². The molecule has 1 aromatic rings. The highest BCUT2D eigenvalue weighted by Gasteiger charge is 2.16. The minimum atomic E-state index is -3.09. The molecule has 0 aliphatic carbocycles. The number of rotatable bonds is 4. The molecule has 0 spiro atoms. The summed E-state index contributed by atoms with van der Waals surface area (Å²) in [6.45, 7) is 5.92. The van der Waals surface area contributed by atoms with Gasteiger partial charge in [0, 0.05) is 0 Å². The van der Waals surface area contributed by atoms with Gasteiger partial charge in [0.2, 0.25) is 0 Å². The number of hydrogen-bond acceptors (Lipinski definition) is 2. The van der Waals surface area contributed by atoms with Crippen molar-refractivity contribution in [3.05, 3.63) is 29.8 Å². The topological polar surface area (TPSA) is 34.1 Å². The lowest BCUT2D eigenvalue weighted by atomic mass is 10.2. The van der Waals surface area contributed by atoms with Crippen LogP contribution >= 0.6 is 0 Å². The molecule has 1 aromatic carbocycles. The third-order valence-electron chi connectivity index (χ3n) is 2.58. The number of benzene rings is 1. The molecule has 0 aromatic heterocycles. The summed E-state index contributed by atoms with van der Waals surface area (Å²) < 4.78 is 23.8. The maximum atomic E-state index is 11.9. The van der Waals surface area contributed by atoms with Crippen LogP contribution in [0.25, 0.3) is 0 Å². The summed E-state index contributed by atoms with van der Waals surface area (Å²) in [5.74, 6) is 0.461. The van der Waals surface area contributed by atoms with E-state index < -0.39 is 9.84 Å². The molecule has 0 saturated heterocycles. The molecule has 0 bridgehead atoms. The van der Waals surface area contributed by atoms with Gasteiger partial charge in [-0.3, -0.25) is 0 Å². The van der Waals surface area contributed by atoms with Gasteiger partial charge in [-0.1, -0.05) is 38.0 Å². The highest BCUT2D eigenvalue weighted by molar-refractivity contribution is 7.91. The fourth-order valence-corrected chi connectivity index (χ4v) is 3.06. The summed E-state index contributed by atoms with van der Waals surface area (Å²) >= 11 is 0. The lowest BCUT2D eigenvalue weighted by molar-refractivity contribution is 0.564. The lowest BCUT2D eigenvalue weighted by Gasteiger charge is -2.09.